The van der Waals surface area contributed by atoms with E-state index in [1.165, 1.54) is 23.1 Å². The number of urea groups is 1. The Kier molecular flexibility index (Phi) is 6.72. The number of hydrogen-bond acceptors (Lipinski definition) is 4. The topological polar surface area (TPSA) is 90.9 Å². The van der Waals surface area contributed by atoms with Gasteiger partial charge in [-0.1, -0.05) is 6.07 Å². The van der Waals surface area contributed by atoms with E-state index in [4.69, 9.17) is 4.74 Å². The van der Waals surface area contributed by atoms with Crippen LogP contribution < -0.4 is 10.6 Å². The van der Waals surface area contributed by atoms with Gasteiger partial charge in [0.1, 0.15) is 11.9 Å². The normalized spacial score (nSPS) is 23.0. The van der Waals surface area contributed by atoms with Crippen molar-refractivity contribution in [1.29, 1.82) is 0 Å². The van der Waals surface area contributed by atoms with Gasteiger partial charge in [0.05, 0.1) is 25.2 Å². The van der Waals surface area contributed by atoms with Gasteiger partial charge in [-0.05, 0) is 31.0 Å². The first kappa shape index (κ1) is 19.1. The molecule has 0 spiro atoms. The summed E-state index contributed by atoms with van der Waals surface area (Å²) < 4.78 is 18.9. The molecule has 1 aromatic carbocycles. The van der Waals surface area contributed by atoms with E-state index in [0.29, 0.717) is 18.5 Å². The van der Waals surface area contributed by atoms with Crippen molar-refractivity contribution in [3.63, 3.8) is 0 Å². The second kappa shape index (κ2) is 8.77. The van der Waals surface area contributed by atoms with E-state index in [0.717, 1.165) is 0 Å². The van der Waals surface area contributed by atoms with Crippen LogP contribution in [0.15, 0.2) is 24.3 Å². The summed E-state index contributed by atoms with van der Waals surface area (Å²) in [6.07, 6.45) is 0.545. The molecule has 0 unspecified atom stereocenters. The standard InChI is InChI=1S/C17H24FN3O4/c1-21(2)16(23)9-13-6-7-14(15(10-22)25-13)20-17(24)19-12-5-3-4-11(18)8-12/h3-5,8,13-15,22H,6-7,9-10H2,1-2H3,(H2,19,20,24)/t13-,14+,15+/m1/s1. The molecule has 1 aliphatic rings. The predicted octanol–water partition coefficient (Wildman–Crippen LogP) is 1.33. The van der Waals surface area contributed by atoms with Gasteiger partial charge in [-0.2, -0.15) is 0 Å². The van der Waals surface area contributed by atoms with Crippen molar-refractivity contribution < 1.29 is 23.8 Å². The SMILES string of the molecule is CN(C)C(=O)C[C@H]1CC[C@H](NC(=O)Nc2cccc(F)c2)[C@H](CO)O1. The quantitative estimate of drug-likeness (QED) is 0.745. The van der Waals surface area contributed by atoms with Crippen LogP contribution in [0.2, 0.25) is 0 Å². The van der Waals surface area contributed by atoms with E-state index >= 15 is 0 Å². The third kappa shape index (κ3) is 5.68. The number of hydrogen-bond donors (Lipinski definition) is 3. The highest BCUT2D eigenvalue weighted by Crippen LogP contribution is 2.22. The van der Waals surface area contributed by atoms with Crippen molar-refractivity contribution in [3.05, 3.63) is 30.1 Å². The monoisotopic (exact) mass is 353 g/mol. The van der Waals surface area contributed by atoms with Crippen LogP contribution in [0, 0.1) is 5.82 Å². The number of aliphatic hydroxyl groups is 1. The van der Waals surface area contributed by atoms with Gasteiger partial charge >= 0.3 is 6.03 Å². The number of rotatable bonds is 5. The minimum Gasteiger partial charge on any atom is -0.394 e. The zero-order chi connectivity index (χ0) is 18.4. The Morgan fingerprint density at radius 1 is 1.36 bits per heavy atom. The summed E-state index contributed by atoms with van der Waals surface area (Å²) in [5, 5.41) is 14.8. The summed E-state index contributed by atoms with van der Waals surface area (Å²) in [5.74, 6) is -0.489. The third-order valence-corrected chi connectivity index (χ3v) is 4.10. The molecular formula is C17H24FN3O4. The van der Waals surface area contributed by atoms with E-state index < -0.39 is 18.0 Å². The molecule has 0 radical (unpaired) electrons. The molecule has 0 saturated carbocycles. The van der Waals surface area contributed by atoms with Crippen LogP contribution in [0.4, 0.5) is 14.9 Å². The second-order valence-corrected chi connectivity index (χ2v) is 6.26. The first-order valence-corrected chi connectivity index (χ1v) is 8.18. The fraction of sp³-hybridized carbons (Fsp3) is 0.529. The Labute approximate surface area is 146 Å². The molecular weight excluding hydrogens is 329 g/mol. The average Bonchev–Trinajstić information content (AvgIpc) is 2.56. The van der Waals surface area contributed by atoms with Gasteiger partial charge in [0, 0.05) is 19.8 Å². The second-order valence-electron chi connectivity index (χ2n) is 6.26. The largest absolute Gasteiger partial charge is 0.394 e. The van der Waals surface area contributed by atoms with Gasteiger partial charge in [-0.25, -0.2) is 9.18 Å². The highest BCUT2D eigenvalue weighted by molar-refractivity contribution is 5.89. The molecule has 2 rings (SSSR count). The van der Waals surface area contributed by atoms with Crippen molar-refractivity contribution in [1.82, 2.24) is 10.2 Å². The molecule has 1 aromatic rings. The van der Waals surface area contributed by atoms with Crippen LogP contribution in [0.1, 0.15) is 19.3 Å². The van der Waals surface area contributed by atoms with Crippen molar-refractivity contribution in [3.8, 4) is 0 Å². The van der Waals surface area contributed by atoms with E-state index in [-0.39, 0.29) is 31.1 Å². The molecule has 0 aromatic heterocycles. The Morgan fingerprint density at radius 3 is 2.76 bits per heavy atom. The molecule has 138 valence electrons. The molecule has 7 nitrogen and oxygen atoms in total. The molecule has 25 heavy (non-hydrogen) atoms. The maximum absolute atomic E-state index is 13.1. The van der Waals surface area contributed by atoms with Gasteiger partial charge in [0.2, 0.25) is 5.91 Å². The van der Waals surface area contributed by atoms with Gasteiger partial charge in [0.15, 0.2) is 0 Å². The van der Waals surface area contributed by atoms with Crippen LogP contribution in [0.25, 0.3) is 0 Å². The summed E-state index contributed by atoms with van der Waals surface area (Å²) in [4.78, 5) is 25.3. The van der Waals surface area contributed by atoms with Crippen molar-refractivity contribution in [2.45, 2.75) is 37.5 Å². The number of nitrogens with one attached hydrogen (secondary N) is 2. The summed E-state index contributed by atoms with van der Waals surface area (Å²) in [6.45, 7) is -0.266. The van der Waals surface area contributed by atoms with E-state index in [9.17, 15) is 19.1 Å². The average molecular weight is 353 g/mol. The van der Waals surface area contributed by atoms with Crippen LogP contribution in [-0.4, -0.2) is 60.9 Å². The van der Waals surface area contributed by atoms with Gasteiger partial charge in [-0.3, -0.25) is 4.79 Å². The number of halogens is 1. The fourth-order valence-corrected chi connectivity index (χ4v) is 2.73. The molecule has 0 aliphatic carbocycles. The number of nitrogens with zero attached hydrogens (tertiary/aromatic N) is 1. The van der Waals surface area contributed by atoms with Crippen LogP contribution >= 0.6 is 0 Å². The molecule has 0 bridgehead atoms. The van der Waals surface area contributed by atoms with Gasteiger partial charge in [0.25, 0.3) is 0 Å². The summed E-state index contributed by atoms with van der Waals surface area (Å²) in [6, 6.07) is 4.69. The van der Waals surface area contributed by atoms with E-state index in [2.05, 4.69) is 10.6 Å². The summed E-state index contributed by atoms with van der Waals surface area (Å²) in [5.41, 5.74) is 0.337. The Hall–Kier alpha value is -2.19. The molecule has 1 saturated heterocycles. The first-order valence-electron chi connectivity index (χ1n) is 8.18. The van der Waals surface area contributed by atoms with E-state index in [1.54, 1.807) is 20.2 Å². The lowest BCUT2D eigenvalue weighted by molar-refractivity contribution is -0.137. The van der Waals surface area contributed by atoms with Crippen LogP contribution in [-0.2, 0) is 9.53 Å². The fourth-order valence-electron chi connectivity index (χ4n) is 2.73. The maximum Gasteiger partial charge on any atom is 0.319 e. The van der Waals surface area contributed by atoms with Crippen LogP contribution in [0.3, 0.4) is 0 Å². The molecule has 3 N–H and O–H groups in total. The van der Waals surface area contributed by atoms with E-state index in [1.807, 2.05) is 0 Å². The Bertz CT molecular complexity index is 611. The number of amides is 3. The molecule has 1 heterocycles. The summed E-state index contributed by atoms with van der Waals surface area (Å²) >= 11 is 0. The lowest BCUT2D eigenvalue weighted by Crippen LogP contribution is -2.52. The number of anilines is 1. The lowest BCUT2D eigenvalue weighted by Gasteiger charge is -2.36. The maximum atomic E-state index is 13.1. The highest BCUT2D eigenvalue weighted by atomic mass is 19.1. The molecule has 3 amide bonds. The van der Waals surface area contributed by atoms with Crippen LogP contribution in [0.5, 0.6) is 0 Å². The van der Waals surface area contributed by atoms with Crippen molar-refractivity contribution in [2.75, 3.05) is 26.0 Å². The molecule has 1 aliphatic heterocycles. The molecule has 8 heteroatoms. The lowest BCUT2D eigenvalue weighted by atomic mass is 9.97. The number of carbonyl (C=O) groups excluding carboxylic acids is 2. The highest BCUT2D eigenvalue weighted by Gasteiger charge is 2.33. The van der Waals surface area contributed by atoms with Gasteiger partial charge in [-0.15, -0.1) is 0 Å². The predicted molar refractivity (Wildman–Crippen MR) is 90.6 cm³/mol. The number of carbonyl (C=O) groups is 2. The molecule has 3 atom stereocenters. The third-order valence-electron chi connectivity index (χ3n) is 4.10. The number of benzene rings is 1. The minimum absolute atomic E-state index is 0.0445. The summed E-state index contributed by atoms with van der Waals surface area (Å²) in [7, 11) is 3.35. The van der Waals surface area contributed by atoms with Crippen molar-refractivity contribution >= 4 is 17.6 Å². The number of ether oxygens (including phenoxy) is 1. The first-order chi connectivity index (χ1) is 11.9. The smallest absolute Gasteiger partial charge is 0.319 e. The molecule has 1 fully saturated rings. The Morgan fingerprint density at radius 2 is 2.12 bits per heavy atom. The minimum atomic E-state index is -0.591. The number of aliphatic hydroxyl groups excluding tert-OH is 1. The van der Waals surface area contributed by atoms with Crippen molar-refractivity contribution in [2.24, 2.45) is 0 Å². The zero-order valence-corrected chi connectivity index (χ0v) is 14.4. The Balaban J connectivity index is 1.87. The van der Waals surface area contributed by atoms with Gasteiger partial charge < -0.3 is 25.4 Å². The zero-order valence-electron chi connectivity index (χ0n) is 14.4.